The number of hydrogen-bond donors (Lipinski definition) is 1. The van der Waals surface area contributed by atoms with Gasteiger partial charge < -0.3 is 10.1 Å². The number of hydrogen-bond acceptors (Lipinski definition) is 5. The van der Waals surface area contributed by atoms with Gasteiger partial charge in [-0.25, -0.2) is 9.37 Å². The van der Waals surface area contributed by atoms with E-state index < -0.39 is 0 Å². The van der Waals surface area contributed by atoms with E-state index in [1.54, 1.807) is 12.1 Å². The Balaban J connectivity index is 1.59. The third-order valence-corrected chi connectivity index (χ3v) is 4.47. The van der Waals surface area contributed by atoms with Gasteiger partial charge in [0, 0.05) is 31.4 Å². The molecule has 0 bridgehead atoms. The van der Waals surface area contributed by atoms with Crippen molar-refractivity contribution < 1.29 is 9.13 Å². The van der Waals surface area contributed by atoms with E-state index in [1.807, 2.05) is 11.4 Å². The molecule has 7 heteroatoms. The summed E-state index contributed by atoms with van der Waals surface area (Å²) in [4.78, 5) is 8.97. The second-order valence-corrected chi connectivity index (χ2v) is 6.34. The molecular formula is C18H20FN5O. The van der Waals surface area contributed by atoms with Gasteiger partial charge in [-0.2, -0.15) is 9.50 Å². The van der Waals surface area contributed by atoms with E-state index in [9.17, 15) is 4.39 Å². The fourth-order valence-corrected chi connectivity index (χ4v) is 3.16. The Bertz CT molecular complexity index is 871. The lowest BCUT2D eigenvalue weighted by molar-refractivity contribution is 0.0840. The van der Waals surface area contributed by atoms with E-state index >= 15 is 0 Å². The Morgan fingerprint density at radius 2 is 1.96 bits per heavy atom. The molecule has 1 fully saturated rings. The molecule has 0 saturated carbocycles. The SMILES string of the molecule is Cc1cc(C2CCOCC2)n2nc(NCc3ccc(F)cc3)nc2n1. The normalized spacial score (nSPS) is 15.6. The minimum Gasteiger partial charge on any atom is -0.381 e. The summed E-state index contributed by atoms with van der Waals surface area (Å²) in [7, 11) is 0. The maximum Gasteiger partial charge on any atom is 0.254 e. The van der Waals surface area contributed by atoms with E-state index in [-0.39, 0.29) is 5.82 Å². The van der Waals surface area contributed by atoms with Crippen molar-refractivity contribution in [3.05, 3.63) is 53.1 Å². The lowest BCUT2D eigenvalue weighted by Gasteiger charge is -2.22. The van der Waals surface area contributed by atoms with Crippen molar-refractivity contribution >= 4 is 11.7 Å². The van der Waals surface area contributed by atoms with Crippen molar-refractivity contribution in [3.63, 3.8) is 0 Å². The second-order valence-electron chi connectivity index (χ2n) is 6.34. The Morgan fingerprint density at radius 1 is 1.20 bits per heavy atom. The average Bonchev–Trinajstić information content (AvgIpc) is 3.04. The lowest BCUT2D eigenvalue weighted by Crippen LogP contribution is -2.17. The topological polar surface area (TPSA) is 64.3 Å². The van der Waals surface area contributed by atoms with E-state index in [4.69, 9.17) is 4.74 Å². The molecule has 2 aromatic heterocycles. The Hall–Kier alpha value is -2.54. The molecule has 1 aliphatic heterocycles. The molecule has 1 saturated heterocycles. The molecule has 130 valence electrons. The number of aromatic nitrogens is 4. The molecule has 1 N–H and O–H groups in total. The minimum absolute atomic E-state index is 0.240. The van der Waals surface area contributed by atoms with Crippen molar-refractivity contribution in [2.45, 2.75) is 32.2 Å². The lowest BCUT2D eigenvalue weighted by atomic mass is 9.96. The maximum atomic E-state index is 13.0. The summed E-state index contributed by atoms with van der Waals surface area (Å²) >= 11 is 0. The van der Waals surface area contributed by atoms with Crippen LogP contribution in [-0.4, -0.2) is 32.8 Å². The molecule has 4 rings (SSSR count). The van der Waals surface area contributed by atoms with Crippen LogP contribution in [0.25, 0.3) is 5.78 Å². The zero-order valence-corrected chi connectivity index (χ0v) is 14.1. The van der Waals surface area contributed by atoms with Crippen LogP contribution in [0.2, 0.25) is 0 Å². The summed E-state index contributed by atoms with van der Waals surface area (Å²) in [6.45, 7) is 4.06. The zero-order chi connectivity index (χ0) is 17.2. The summed E-state index contributed by atoms with van der Waals surface area (Å²) < 4.78 is 20.3. The molecule has 1 aromatic carbocycles. The monoisotopic (exact) mass is 341 g/mol. The first kappa shape index (κ1) is 16.0. The molecule has 0 radical (unpaired) electrons. The van der Waals surface area contributed by atoms with Gasteiger partial charge in [0.1, 0.15) is 5.82 Å². The maximum absolute atomic E-state index is 13.0. The number of aryl methyl sites for hydroxylation is 1. The van der Waals surface area contributed by atoms with Crippen LogP contribution in [-0.2, 0) is 11.3 Å². The van der Waals surface area contributed by atoms with Crippen LogP contribution in [0.4, 0.5) is 10.3 Å². The summed E-state index contributed by atoms with van der Waals surface area (Å²) in [5.74, 6) is 1.29. The zero-order valence-electron chi connectivity index (χ0n) is 14.1. The first-order valence-corrected chi connectivity index (χ1v) is 8.49. The fourth-order valence-electron chi connectivity index (χ4n) is 3.16. The number of anilines is 1. The number of benzene rings is 1. The number of fused-ring (bicyclic) bond motifs is 1. The number of rotatable bonds is 4. The molecule has 0 spiro atoms. The number of nitrogens with one attached hydrogen (secondary N) is 1. The molecule has 0 atom stereocenters. The smallest absolute Gasteiger partial charge is 0.254 e. The van der Waals surface area contributed by atoms with Gasteiger partial charge in [0.2, 0.25) is 5.95 Å². The highest BCUT2D eigenvalue weighted by atomic mass is 19.1. The summed E-state index contributed by atoms with van der Waals surface area (Å²) in [6, 6.07) is 8.47. The van der Waals surface area contributed by atoms with Gasteiger partial charge in [0.25, 0.3) is 5.78 Å². The third-order valence-electron chi connectivity index (χ3n) is 4.47. The molecule has 3 aromatic rings. The molecule has 0 unspecified atom stereocenters. The Labute approximate surface area is 145 Å². The van der Waals surface area contributed by atoms with Gasteiger partial charge in [-0.05, 0) is 43.5 Å². The van der Waals surface area contributed by atoms with E-state index in [0.717, 1.165) is 43.0 Å². The summed E-state index contributed by atoms with van der Waals surface area (Å²) in [5.41, 5.74) is 3.04. The van der Waals surface area contributed by atoms with Gasteiger partial charge in [-0.1, -0.05) is 12.1 Å². The van der Waals surface area contributed by atoms with Crippen molar-refractivity contribution in [2.75, 3.05) is 18.5 Å². The Kier molecular flexibility index (Phi) is 4.31. The van der Waals surface area contributed by atoms with Crippen molar-refractivity contribution in [1.29, 1.82) is 0 Å². The highest BCUT2D eigenvalue weighted by Gasteiger charge is 2.21. The predicted octanol–water partition coefficient (Wildman–Crippen LogP) is 3.08. The molecule has 25 heavy (non-hydrogen) atoms. The third kappa shape index (κ3) is 3.46. The van der Waals surface area contributed by atoms with Gasteiger partial charge in [-0.3, -0.25) is 0 Å². The molecule has 1 aliphatic rings. The van der Waals surface area contributed by atoms with Crippen molar-refractivity contribution in [3.8, 4) is 0 Å². The summed E-state index contributed by atoms with van der Waals surface area (Å²) in [5, 5.41) is 7.77. The number of halogens is 1. The highest BCUT2D eigenvalue weighted by molar-refractivity contribution is 5.40. The van der Waals surface area contributed by atoms with Gasteiger partial charge in [-0.15, -0.1) is 5.10 Å². The first-order valence-electron chi connectivity index (χ1n) is 8.49. The molecule has 3 heterocycles. The molecule has 0 amide bonds. The number of ether oxygens (including phenoxy) is 1. The Morgan fingerprint density at radius 3 is 2.72 bits per heavy atom. The first-order chi connectivity index (χ1) is 12.2. The minimum atomic E-state index is -0.240. The van der Waals surface area contributed by atoms with Crippen LogP contribution in [0.15, 0.2) is 30.3 Å². The van der Waals surface area contributed by atoms with E-state index in [0.29, 0.717) is 24.2 Å². The van der Waals surface area contributed by atoms with Crippen molar-refractivity contribution in [1.82, 2.24) is 19.6 Å². The summed E-state index contributed by atoms with van der Waals surface area (Å²) in [6.07, 6.45) is 1.97. The quantitative estimate of drug-likeness (QED) is 0.790. The highest BCUT2D eigenvalue weighted by Crippen LogP contribution is 2.27. The molecule has 6 nitrogen and oxygen atoms in total. The fraction of sp³-hybridized carbons (Fsp3) is 0.389. The van der Waals surface area contributed by atoms with Gasteiger partial charge in [0.15, 0.2) is 0 Å². The van der Waals surface area contributed by atoms with E-state index in [2.05, 4.69) is 26.4 Å². The van der Waals surface area contributed by atoms with Crippen LogP contribution in [0.5, 0.6) is 0 Å². The molecule has 0 aliphatic carbocycles. The largest absolute Gasteiger partial charge is 0.381 e. The van der Waals surface area contributed by atoms with Gasteiger partial charge in [0.05, 0.1) is 5.69 Å². The van der Waals surface area contributed by atoms with Crippen LogP contribution >= 0.6 is 0 Å². The number of nitrogens with zero attached hydrogens (tertiary/aromatic N) is 4. The predicted molar refractivity (Wildman–Crippen MR) is 92.0 cm³/mol. The van der Waals surface area contributed by atoms with Gasteiger partial charge >= 0.3 is 0 Å². The van der Waals surface area contributed by atoms with Crippen LogP contribution in [0, 0.1) is 12.7 Å². The van der Waals surface area contributed by atoms with E-state index in [1.165, 1.54) is 12.1 Å². The van der Waals surface area contributed by atoms with Crippen molar-refractivity contribution in [2.24, 2.45) is 0 Å². The second kappa shape index (κ2) is 6.76. The van der Waals surface area contributed by atoms with Crippen LogP contribution in [0.1, 0.15) is 35.7 Å². The standard InChI is InChI=1S/C18H20FN5O/c1-12-10-16(14-6-8-25-9-7-14)24-18(21-12)22-17(23-24)20-11-13-2-4-15(19)5-3-13/h2-5,10,14H,6-9,11H2,1H3,(H,20,23). The van der Waals surface area contributed by atoms with Crippen LogP contribution < -0.4 is 5.32 Å². The average molecular weight is 341 g/mol. The molecular weight excluding hydrogens is 321 g/mol. The van der Waals surface area contributed by atoms with Crippen LogP contribution in [0.3, 0.4) is 0 Å².